The number of carboxylic acids is 1. The van der Waals surface area contributed by atoms with E-state index in [9.17, 15) is 33.3 Å². The first kappa shape index (κ1) is 38.4. The molecule has 1 saturated carbocycles. The van der Waals surface area contributed by atoms with Crippen molar-refractivity contribution in [2.24, 2.45) is 11.3 Å². The van der Waals surface area contributed by atoms with E-state index < -0.39 is 65.0 Å². The maximum atomic E-state index is 13.5. The van der Waals surface area contributed by atoms with Crippen molar-refractivity contribution < 1.29 is 47.5 Å². The van der Waals surface area contributed by atoms with Gasteiger partial charge in [-0.1, -0.05) is 78.6 Å². The van der Waals surface area contributed by atoms with Crippen molar-refractivity contribution in [2.45, 2.75) is 84.3 Å². The summed E-state index contributed by atoms with van der Waals surface area (Å²) in [6.07, 6.45) is 2.34. The fourth-order valence-electron chi connectivity index (χ4n) is 4.46. The predicted molar refractivity (Wildman–Crippen MR) is 174 cm³/mol. The first-order valence-electron chi connectivity index (χ1n) is 14.8. The minimum absolute atomic E-state index is 0.0420. The van der Waals surface area contributed by atoms with Crippen molar-refractivity contribution in [3.63, 3.8) is 0 Å². The highest BCUT2D eigenvalue weighted by atomic mass is 33.1. The van der Waals surface area contributed by atoms with Crippen LogP contribution in [0.25, 0.3) is 0 Å². The smallest absolute Gasteiger partial charge is 0.410 e. The van der Waals surface area contributed by atoms with E-state index in [2.05, 4.69) is 10.6 Å². The summed E-state index contributed by atoms with van der Waals surface area (Å²) in [4.78, 5) is 62.0. The standard InChI is InChI=1S/C30H44N2O10S3/c1-20(2)26(35)41-21(3)42-29(38)31-23(12-15-45(4)39)18-43-44-19-30(13-8-9-14-30)28(37)32-24(16-25(33)34)27(36)40-17-22-10-6-5-7-11-22/h5-7,10-11,20-21,23-24H,8-9,12-19H2,1-4H3,(H,31,38)(H,32,37)(H,33,34). The molecule has 0 aliphatic heterocycles. The van der Waals surface area contributed by atoms with Gasteiger partial charge >= 0.3 is 24.0 Å². The van der Waals surface area contributed by atoms with Crippen LogP contribution < -0.4 is 10.6 Å². The normalized spacial score (nSPS) is 16.6. The van der Waals surface area contributed by atoms with Gasteiger partial charge in [-0.3, -0.25) is 18.6 Å². The summed E-state index contributed by atoms with van der Waals surface area (Å²) in [6.45, 7) is 4.73. The summed E-state index contributed by atoms with van der Waals surface area (Å²) < 4.78 is 27.3. The number of hydrogen-bond acceptors (Lipinski definition) is 11. The lowest BCUT2D eigenvalue weighted by molar-refractivity contribution is -0.168. The highest BCUT2D eigenvalue weighted by Crippen LogP contribution is 2.43. The SMILES string of the molecule is CC(OC(=O)NC(CCS(C)=O)CSSCC1(C(=O)NC(CC(=O)O)C(=O)OCc2ccccc2)CCCC1)OC(=O)C(C)C. The third-order valence-electron chi connectivity index (χ3n) is 7.02. The molecule has 15 heteroatoms. The van der Waals surface area contributed by atoms with Gasteiger partial charge in [0.2, 0.25) is 12.2 Å². The van der Waals surface area contributed by atoms with Crippen molar-refractivity contribution in [2.75, 3.05) is 23.5 Å². The number of carbonyl (C=O) groups is 5. The van der Waals surface area contributed by atoms with Crippen molar-refractivity contribution in [3.05, 3.63) is 35.9 Å². The van der Waals surface area contributed by atoms with Crippen LogP contribution in [-0.4, -0.2) is 81.1 Å². The van der Waals surface area contributed by atoms with Crippen LogP contribution in [0.3, 0.4) is 0 Å². The van der Waals surface area contributed by atoms with Crippen LogP contribution >= 0.6 is 21.6 Å². The molecule has 1 aromatic rings. The Morgan fingerprint density at radius 1 is 0.978 bits per heavy atom. The maximum Gasteiger partial charge on any atom is 0.410 e. The zero-order valence-corrected chi connectivity index (χ0v) is 28.6. The molecule has 1 aliphatic carbocycles. The van der Waals surface area contributed by atoms with E-state index in [1.165, 1.54) is 28.5 Å². The first-order chi connectivity index (χ1) is 21.3. The van der Waals surface area contributed by atoms with Crippen LogP contribution in [0.4, 0.5) is 4.79 Å². The second-order valence-corrected chi connectivity index (χ2v) is 15.3. The molecule has 252 valence electrons. The Morgan fingerprint density at radius 3 is 2.24 bits per heavy atom. The minimum Gasteiger partial charge on any atom is -0.481 e. The Bertz CT molecular complexity index is 1160. The molecule has 0 bridgehead atoms. The van der Waals surface area contributed by atoms with Crippen LogP contribution in [0, 0.1) is 11.3 Å². The average Bonchev–Trinajstić information content (AvgIpc) is 3.46. The Hall–Kier alpha value is -2.78. The van der Waals surface area contributed by atoms with Crippen molar-refractivity contribution in [3.8, 4) is 0 Å². The molecule has 4 unspecified atom stereocenters. The quantitative estimate of drug-likeness (QED) is 0.0825. The van der Waals surface area contributed by atoms with Crippen LogP contribution in [0.2, 0.25) is 0 Å². The highest BCUT2D eigenvalue weighted by Gasteiger charge is 2.43. The number of esters is 2. The zero-order valence-electron chi connectivity index (χ0n) is 26.1. The number of benzene rings is 1. The van der Waals surface area contributed by atoms with E-state index in [1.54, 1.807) is 44.4 Å². The van der Waals surface area contributed by atoms with E-state index in [0.717, 1.165) is 18.4 Å². The molecular weight excluding hydrogens is 645 g/mol. The van der Waals surface area contributed by atoms with Gasteiger partial charge < -0.3 is 30.0 Å². The van der Waals surface area contributed by atoms with Gasteiger partial charge in [-0.2, -0.15) is 0 Å². The minimum atomic E-state index is -1.33. The van der Waals surface area contributed by atoms with E-state index in [-0.39, 0.29) is 18.4 Å². The van der Waals surface area contributed by atoms with Crippen LogP contribution in [0.15, 0.2) is 30.3 Å². The summed E-state index contributed by atoms with van der Waals surface area (Å²) in [7, 11) is 1.78. The molecule has 45 heavy (non-hydrogen) atoms. The summed E-state index contributed by atoms with van der Waals surface area (Å²) in [5.74, 6) is -2.13. The predicted octanol–water partition coefficient (Wildman–Crippen LogP) is 4.04. The van der Waals surface area contributed by atoms with Gasteiger partial charge in [0.15, 0.2) is 0 Å². The molecule has 1 aromatic carbocycles. The maximum absolute atomic E-state index is 13.5. The molecule has 3 N–H and O–H groups in total. The average molecular weight is 689 g/mol. The van der Waals surface area contributed by atoms with Crippen LogP contribution in [0.1, 0.15) is 64.9 Å². The molecule has 0 radical (unpaired) electrons. The van der Waals surface area contributed by atoms with Gasteiger partial charge in [-0.05, 0) is 24.8 Å². The third kappa shape index (κ3) is 14.5. The number of hydrogen-bond donors (Lipinski definition) is 3. The second-order valence-electron chi connectivity index (χ2n) is 11.2. The largest absolute Gasteiger partial charge is 0.481 e. The van der Waals surface area contributed by atoms with Crippen LogP contribution in [0.5, 0.6) is 0 Å². The van der Waals surface area contributed by atoms with Gasteiger partial charge in [-0.25, -0.2) is 9.59 Å². The van der Waals surface area contributed by atoms with Gasteiger partial charge in [0.1, 0.15) is 12.6 Å². The Labute approximate surface area is 274 Å². The van der Waals surface area contributed by atoms with Crippen molar-refractivity contribution in [1.29, 1.82) is 0 Å². The topological polar surface area (TPSA) is 174 Å². The fraction of sp³-hybridized carbons (Fsp3) is 0.633. The van der Waals surface area contributed by atoms with Crippen molar-refractivity contribution >= 4 is 62.3 Å². The van der Waals surface area contributed by atoms with E-state index in [0.29, 0.717) is 36.5 Å². The van der Waals surface area contributed by atoms with Gasteiger partial charge in [0, 0.05) is 47.3 Å². The number of nitrogens with one attached hydrogen (secondary N) is 2. The molecule has 1 fully saturated rings. The lowest BCUT2D eigenvalue weighted by Gasteiger charge is -2.29. The molecule has 0 spiro atoms. The molecule has 2 rings (SSSR count). The monoisotopic (exact) mass is 688 g/mol. The highest BCUT2D eigenvalue weighted by molar-refractivity contribution is 8.76. The lowest BCUT2D eigenvalue weighted by atomic mass is 9.87. The molecule has 0 heterocycles. The summed E-state index contributed by atoms with van der Waals surface area (Å²) in [5.41, 5.74) is -0.0568. The number of ether oxygens (including phenoxy) is 3. The number of carbonyl (C=O) groups excluding carboxylic acids is 4. The third-order valence-corrected chi connectivity index (χ3v) is 10.5. The summed E-state index contributed by atoms with van der Waals surface area (Å²) >= 11 is 0. The van der Waals surface area contributed by atoms with E-state index >= 15 is 0 Å². The van der Waals surface area contributed by atoms with Crippen LogP contribution in [-0.2, 0) is 50.8 Å². The number of aliphatic carboxylic acids is 1. The molecule has 0 saturated heterocycles. The number of alkyl carbamates (subject to hydrolysis) is 1. The number of rotatable bonds is 19. The molecular formula is C30H44N2O10S3. The Balaban J connectivity index is 1.96. The molecule has 12 nitrogen and oxygen atoms in total. The molecule has 4 atom stereocenters. The fourth-order valence-corrected chi connectivity index (χ4v) is 8.03. The summed E-state index contributed by atoms with van der Waals surface area (Å²) in [6, 6.07) is 7.23. The van der Waals surface area contributed by atoms with Crippen molar-refractivity contribution in [1.82, 2.24) is 10.6 Å². The molecule has 2 amide bonds. The van der Waals surface area contributed by atoms with Gasteiger partial charge in [-0.15, -0.1) is 0 Å². The first-order valence-corrected chi connectivity index (χ1v) is 19.0. The summed E-state index contributed by atoms with van der Waals surface area (Å²) in [5, 5.41) is 14.8. The number of amides is 2. The Morgan fingerprint density at radius 2 is 1.64 bits per heavy atom. The zero-order chi connectivity index (χ0) is 33.4. The van der Waals surface area contributed by atoms with E-state index in [4.69, 9.17) is 14.2 Å². The van der Waals surface area contributed by atoms with Gasteiger partial charge in [0.05, 0.1) is 17.8 Å². The van der Waals surface area contributed by atoms with Gasteiger partial charge in [0.25, 0.3) is 0 Å². The molecule has 0 aromatic heterocycles. The van der Waals surface area contributed by atoms with E-state index in [1.807, 2.05) is 6.07 Å². The Kier molecular flexibility index (Phi) is 16.8. The lowest BCUT2D eigenvalue weighted by Crippen LogP contribution is -2.50. The molecule has 1 aliphatic rings. The second kappa shape index (κ2) is 19.7. The number of carboxylic acid groups (broad SMARTS) is 1.